The van der Waals surface area contributed by atoms with E-state index in [1.807, 2.05) is 6.07 Å². The van der Waals surface area contributed by atoms with E-state index in [2.05, 4.69) is 10.2 Å². The quantitative estimate of drug-likeness (QED) is 0.852. The second-order valence-electron chi connectivity index (χ2n) is 7.40. The van der Waals surface area contributed by atoms with Gasteiger partial charge in [0.15, 0.2) is 11.6 Å². The predicted octanol–water partition coefficient (Wildman–Crippen LogP) is 1.93. The lowest BCUT2D eigenvalue weighted by atomic mass is 10.0. The van der Waals surface area contributed by atoms with Gasteiger partial charge in [0.05, 0.1) is 7.11 Å². The summed E-state index contributed by atoms with van der Waals surface area (Å²) < 4.78 is 18.8. The molecule has 27 heavy (non-hydrogen) atoms. The minimum atomic E-state index is -0.344. The topological polar surface area (TPSA) is 61.9 Å². The minimum absolute atomic E-state index is 0.0293. The van der Waals surface area contributed by atoms with Crippen LogP contribution in [0.2, 0.25) is 0 Å². The van der Waals surface area contributed by atoms with Gasteiger partial charge in [0.25, 0.3) is 0 Å². The molecule has 0 aromatic heterocycles. The van der Waals surface area contributed by atoms with Gasteiger partial charge in [-0.25, -0.2) is 4.39 Å². The first-order chi connectivity index (χ1) is 13.0. The summed E-state index contributed by atoms with van der Waals surface area (Å²) in [6.45, 7) is 4.57. The zero-order valence-electron chi connectivity index (χ0n) is 16.0. The Morgan fingerprint density at radius 3 is 2.59 bits per heavy atom. The van der Waals surface area contributed by atoms with Crippen molar-refractivity contribution in [1.82, 2.24) is 15.1 Å². The summed E-state index contributed by atoms with van der Waals surface area (Å²) >= 11 is 0. The van der Waals surface area contributed by atoms with Crippen molar-refractivity contribution >= 4 is 11.8 Å². The lowest BCUT2D eigenvalue weighted by Gasteiger charge is -2.33. The lowest BCUT2D eigenvalue weighted by Crippen LogP contribution is -2.51. The number of nitrogens with one attached hydrogen (secondary N) is 1. The number of amides is 2. The number of rotatable bonds is 5. The first-order valence-electron chi connectivity index (χ1n) is 9.60. The number of benzene rings is 1. The smallest absolute Gasteiger partial charge is 0.243 e. The molecule has 1 aromatic rings. The predicted molar refractivity (Wildman–Crippen MR) is 99.8 cm³/mol. The van der Waals surface area contributed by atoms with E-state index in [9.17, 15) is 14.0 Å². The van der Waals surface area contributed by atoms with Crippen molar-refractivity contribution in [3.63, 3.8) is 0 Å². The largest absolute Gasteiger partial charge is 0.494 e. The number of halogens is 1. The number of carbonyl (C=O) groups is 2. The fourth-order valence-corrected chi connectivity index (χ4v) is 4.02. The molecular weight excluding hydrogens is 349 g/mol. The van der Waals surface area contributed by atoms with Crippen LogP contribution in [0.25, 0.3) is 0 Å². The zero-order chi connectivity index (χ0) is 19.4. The third kappa shape index (κ3) is 4.77. The van der Waals surface area contributed by atoms with Crippen LogP contribution in [0.3, 0.4) is 0 Å². The fourth-order valence-electron chi connectivity index (χ4n) is 4.02. The van der Waals surface area contributed by atoms with Crippen LogP contribution in [0.5, 0.6) is 5.75 Å². The minimum Gasteiger partial charge on any atom is -0.494 e. The van der Waals surface area contributed by atoms with E-state index < -0.39 is 0 Å². The van der Waals surface area contributed by atoms with Crippen LogP contribution in [-0.2, 0) is 16.1 Å². The molecule has 1 aromatic carbocycles. The first-order valence-corrected chi connectivity index (χ1v) is 9.60. The Hall–Kier alpha value is -2.15. The average Bonchev–Trinajstić information content (AvgIpc) is 3.14. The van der Waals surface area contributed by atoms with E-state index in [-0.39, 0.29) is 35.5 Å². The number of hydrogen-bond acceptors (Lipinski definition) is 4. The Labute approximate surface area is 159 Å². The SMILES string of the molecule is COc1ccc(CN2CCC(NC(=O)C3CCCN3C(C)=O)CC2)cc1F. The number of carbonyl (C=O) groups excluding carboxylic acids is 2. The van der Waals surface area contributed by atoms with Crippen LogP contribution >= 0.6 is 0 Å². The summed E-state index contributed by atoms with van der Waals surface area (Å²) in [6, 6.07) is 4.87. The Morgan fingerprint density at radius 1 is 1.22 bits per heavy atom. The lowest BCUT2D eigenvalue weighted by molar-refractivity contribution is -0.137. The molecule has 0 radical (unpaired) electrons. The number of piperidine rings is 1. The standard InChI is InChI=1S/C20H28FN3O3/c1-14(25)24-9-3-4-18(24)20(26)22-16-7-10-23(11-8-16)13-15-5-6-19(27-2)17(21)12-15/h5-6,12,16,18H,3-4,7-11,13H2,1-2H3,(H,22,26). The van der Waals surface area contributed by atoms with Crippen molar-refractivity contribution in [1.29, 1.82) is 0 Å². The van der Waals surface area contributed by atoms with Crippen molar-refractivity contribution in [3.8, 4) is 5.75 Å². The molecule has 2 fully saturated rings. The summed E-state index contributed by atoms with van der Waals surface area (Å²) in [6.07, 6.45) is 3.34. The van der Waals surface area contributed by atoms with Crippen LogP contribution in [0.4, 0.5) is 4.39 Å². The molecule has 1 unspecified atom stereocenters. The average molecular weight is 377 g/mol. The number of methoxy groups -OCH3 is 1. The first kappa shape index (κ1) is 19.6. The highest BCUT2D eigenvalue weighted by Crippen LogP contribution is 2.21. The molecule has 148 valence electrons. The summed E-state index contributed by atoms with van der Waals surface area (Å²) in [5.41, 5.74) is 0.916. The maximum atomic E-state index is 13.8. The van der Waals surface area contributed by atoms with Crippen molar-refractivity contribution in [2.24, 2.45) is 0 Å². The van der Waals surface area contributed by atoms with Crippen LogP contribution < -0.4 is 10.1 Å². The van der Waals surface area contributed by atoms with E-state index in [0.29, 0.717) is 13.1 Å². The van der Waals surface area contributed by atoms with Crippen LogP contribution in [0, 0.1) is 5.82 Å². The molecule has 0 saturated carbocycles. The van der Waals surface area contributed by atoms with E-state index >= 15 is 0 Å². The van der Waals surface area contributed by atoms with E-state index in [4.69, 9.17) is 4.74 Å². The van der Waals surface area contributed by atoms with Crippen LogP contribution in [0.1, 0.15) is 38.2 Å². The van der Waals surface area contributed by atoms with Gasteiger partial charge in [-0.1, -0.05) is 6.07 Å². The molecule has 0 bridgehead atoms. The van der Waals surface area contributed by atoms with E-state index in [1.165, 1.54) is 20.1 Å². The van der Waals surface area contributed by atoms with Crippen LogP contribution in [0.15, 0.2) is 18.2 Å². The number of hydrogen-bond donors (Lipinski definition) is 1. The van der Waals surface area contributed by atoms with Gasteiger partial charge in [-0.2, -0.15) is 0 Å². The van der Waals surface area contributed by atoms with Gasteiger partial charge in [0, 0.05) is 39.1 Å². The molecule has 0 spiro atoms. The fraction of sp³-hybridized carbons (Fsp3) is 0.600. The van der Waals surface area contributed by atoms with Gasteiger partial charge in [-0.15, -0.1) is 0 Å². The van der Waals surface area contributed by atoms with Gasteiger partial charge in [0.1, 0.15) is 6.04 Å². The number of ether oxygens (including phenoxy) is 1. The summed E-state index contributed by atoms with van der Waals surface area (Å²) in [5, 5.41) is 3.12. The van der Waals surface area contributed by atoms with E-state index in [1.54, 1.807) is 11.0 Å². The Bertz CT molecular complexity index is 689. The van der Waals surface area contributed by atoms with Crippen LogP contribution in [-0.4, -0.2) is 60.4 Å². The highest BCUT2D eigenvalue weighted by atomic mass is 19.1. The second kappa shape index (κ2) is 8.69. The third-order valence-corrected chi connectivity index (χ3v) is 5.52. The Kier molecular flexibility index (Phi) is 6.31. The highest BCUT2D eigenvalue weighted by molar-refractivity contribution is 5.87. The van der Waals surface area contributed by atoms with Gasteiger partial charge < -0.3 is 15.0 Å². The molecular formula is C20H28FN3O3. The Balaban J connectivity index is 1.47. The molecule has 3 rings (SSSR count). The molecule has 2 aliphatic rings. The summed E-state index contributed by atoms with van der Waals surface area (Å²) in [7, 11) is 1.46. The van der Waals surface area contributed by atoms with Crippen molar-refractivity contribution in [2.45, 2.75) is 51.2 Å². The second-order valence-corrected chi connectivity index (χ2v) is 7.40. The molecule has 0 aliphatic carbocycles. The van der Waals surface area contributed by atoms with Crippen molar-refractivity contribution in [2.75, 3.05) is 26.7 Å². The molecule has 7 heteroatoms. The molecule has 1 atom stereocenters. The molecule has 1 N–H and O–H groups in total. The van der Waals surface area contributed by atoms with E-state index in [0.717, 1.165) is 44.3 Å². The number of nitrogens with zero attached hydrogens (tertiary/aromatic N) is 2. The normalized spacial score (nSPS) is 21.3. The number of likely N-dealkylation sites (tertiary alicyclic amines) is 2. The molecule has 2 aliphatic heterocycles. The monoisotopic (exact) mass is 377 g/mol. The molecule has 6 nitrogen and oxygen atoms in total. The maximum Gasteiger partial charge on any atom is 0.243 e. The summed E-state index contributed by atoms with van der Waals surface area (Å²) in [5.74, 6) is -0.150. The van der Waals surface area contributed by atoms with Gasteiger partial charge in [-0.3, -0.25) is 14.5 Å². The third-order valence-electron chi connectivity index (χ3n) is 5.52. The zero-order valence-corrected chi connectivity index (χ0v) is 16.0. The maximum absolute atomic E-state index is 13.8. The van der Waals surface area contributed by atoms with Gasteiger partial charge in [0.2, 0.25) is 11.8 Å². The van der Waals surface area contributed by atoms with Gasteiger partial charge in [-0.05, 0) is 43.4 Å². The molecule has 2 heterocycles. The van der Waals surface area contributed by atoms with Crippen molar-refractivity contribution < 1.29 is 18.7 Å². The highest BCUT2D eigenvalue weighted by Gasteiger charge is 2.33. The van der Waals surface area contributed by atoms with Crippen molar-refractivity contribution in [3.05, 3.63) is 29.6 Å². The summed E-state index contributed by atoms with van der Waals surface area (Å²) in [4.78, 5) is 28.1. The van der Waals surface area contributed by atoms with Gasteiger partial charge >= 0.3 is 0 Å². The Morgan fingerprint density at radius 2 is 1.96 bits per heavy atom. The molecule has 2 amide bonds. The molecule has 2 saturated heterocycles.